The molecule has 0 aromatic carbocycles. The van der Waals surface area contributed by atoms with Crippen LogP contribution in [-0.4, -0.2) is 34.6 Å². The van der Waals surface area contributed by atoms with E-state index in [1.54, 1.807) is 0 Å². The van der Waals surface area contributed by atoms with Gasteiger partial charge >= 0.3 is 5.97 Å². The predicted octanol–water partition coefficient (Wildman–Crippen LogP) is 2.15. The molecule has 7 heteroatoms. The summed E-state index contributed by atoms with van der Waals surface area (Å²) >= 11 is 5.91. The first-order valence-electron chi connectivity index (χ1n) is 6.36. The van der Waals surface area contributed by atoms with Crippen LogP contribution >= 0.6 is 11.6 Å². The average molecular weight is 300 g/mol. The minimum atomic E-state index is -1.08. The maximum Gasteiger partial charge on any atom is 0.337 e. The molecule has 110 valence electrons. The molecule has 1 atom stereocenters. The van der Waals surface area contributed by atoms with Crippen LogP contribution in [0, 0.1) is 0 Å². The number of aromatic nitrogens is 1. The lowest BCUT2D eigenvalue weighted by molar-refractivity contribution is -0.121. The Morgan fingerprint density at radius 1 is 1.50 bits per heavy atom. The van der Waals surface area contributed by atoms with E-state index in [1.807, 2.05) is 13.8 Å². The minimum Gasteiger partial charge on any atom is -0.478 e. The monoisotopic (exact) mass is 299 g/mol. The van der Waals surface area contributed by atoms with Crippen molar-refractivity contribution in [2.45, 2.75) is 32.7 Å². The van der Waals surface area contributed by atoms with Crippen LogP contribution in [0.3, 0.4) is 0 Å². The molecule has 0 fully saturated rings. The zero-order chi connectivity index (χ0) is 15.1. The standard InChI is InChI=1S/C13H18ClN3O3/c1-3-8(2)17-11(18)4-5-15-12-10(14)6-9(7-16-12)13(19)20/h6-8H,3-5H2,1-2H3,(H,15,16)(H,17,18)(H,19,20). The van der Waals surface area contributed by atoms with Gasteiger partial charge in [0, 0.05) is 25.2 Å². The highest BCUT2D eigenvalue weighted by Gasteiger charge is 2.09. The molecule has 3 N–H and O–H groups in total. The zero-order valence-corrected chi connectivity index (χ0v) is 12.2. The van der Waals surface area contributed by atoms with Gasteiger partial charge in [0.1, 0.15) is 5.82 Å². The second-order valence-electron chi connectivity index (χ2n) is 4.41. The lowest BCUT2D eigenvalue weighted by Gasteiger charge is -2.12. The Morgan fingerprint density at radius 3 is 2.75 bits per heavy atom. The molecule has 1 unspecified atom stereocenters. The van der Waals surface area contributed by atoms with Crippen molar-refractivity contribution in [1.29, 1.82) is 0 Å². The number of nitrogens with one attached hydrogen (secondary N) is 2. The average Bonchev–Trinajstić information content (AvgIpc) is 2.40. The van der Waals surface area contributed by atoms with Crippen molar-refractivity contribution in [2.75, 3.05) is 11.9 Å². The van der Waals surface area contributed by atoms with E-state index in [1.165, 1.54) is 12.3 Å². The third-order valence-electron chi connectivity index (χ3n) is 2.75. The van der Waals surface area contributed by atoms with Gasteiger partial charge in [-0.2, -0.15) is 0 Å². The van der Waals surface area contributed by atoms with E-state index in [0.29, 0.717) is 18.8 Å². The van der Waals surface area contributed by atoms with Gasteiger partial charge in [0.05, 0.1) is 10.6 Å². The summed E-state index contributed by atoms with van der Waals surface area (Å²) in [5.74, 6) is -0.767. The number of anilines is 1. The summed E-state index contributed by atoms with van der Waals surface area (Å²) in [6, 6.07) is 1.47. The number of hydrogen-bond donors (Lipinski definition) is 3. The first-order chi connectivity index (χ1) is 9.43. The molecular weight excluding hydrogens is 282 g/mol. The molecule has 1 heterocycles. The molecular formula is C13H18ClN3O3. The van der Waals surface area contributed by atoms with Gasteiger partial charge in [-0.3, -0.25) is 4.79 Å². The number of rotatable bonds is 7. The van der Waals surface area contributed by atoms with Gasteiger partial charge in [0.15, 0.2) is 0 Å². The topological polar surface area (TPSA) is 91.3 Å². The fourth-order valence-corrected chi connectivity index (χ4v) is 1.66. The summed E-state index contributed by atoms with van der Waals surface area (Å²) in [6.07, 6.45) is 2.39. The van der Waals surface area contributed by atoms with Gasteiger partial charge < -0.3 is 15.7 Å². The number of pyridine rings is 1. The third kappa shape index (κ3) is 5.05. The Bertz CT molecular complexity index is 494. The highest BCUT2D eigenvalue weighted by Crippen LogP contribution is 2.19. The maximum absolute atomic E-state index is 11.5. The van der Waals surface area contributed by atoms with Gasteiger partial charge in [-0.1, -0.05) is 18.5 Å². The number of nitrogens with zero attached hydrogens (tertiary/aromatic N) is 1. The van der Waals surface area contributed by atoms with Crippen LogP contribution in [0.2, 0.25) is 5.02 Å². The first-order valence-corrected chi connectivity index (χ1v) is 6.74. The lowest BCUT2D eigenvalue weighted by Crippen LogP contribution is -2.33. The number of aromatic carboxylic acids is 1. The lowest BCUT2D eigenvalue weighted by atomic mass is 10.2. The van der Waals surface area contributed by atoms with Crippen LogP contribution in [-0.2, 0) is 4.79 Å². The van der Waals surface area contributed by atoms with Gasteiger partial charge in [-0.25, -0.2) is 9.78 Å². The summed E-state index contributed by atoms with van der Waals surface area (Å²) in [6.45, 7) is 4.31. The summed E-state index contributed by atoms with van der Waals surface area (Å²) in [4.78, 5) is 26.2. The molecule has 0 aliphatic heterocycles. The normalized spacial score (nSPS) is 11.8. The molecule has 0 saturated heterocycles. The summed E-state index contributed by atoms with van der Waals surface area (Å²) in [5, 5.41) is 14.7. The Morgan fingerprint density at radius 2 is 2.20 bits per heavy atom. The Labute approximate surface area is 122 Å². The molecule has 1 amide bonds. The number of carboxylic acids is 1. The summed E-state index contributed by atoms with van der Waals surface area (Å²) < 4.78 is 0. The predicted molar refractivity (Wildman–Crippen MR) is 77.2 cm³/mol. The van der Waals surface area contributed by atoms with E-state index < -0.39 is 5.97 Å². The van der Waals surface area contributed by atoms with Gasteiger partial charge in [-0.15, -0.1) is 0 Å². The van der Waals surface area contributed by atoms with Crippen molar-refractivity contribution in [2.24, 2.45) is 0 Å². The number of hydrogen-bond acceptors (Lipinski definition) is 4. The van der Waals surface area contributed by atoms with Crippen LogP contribution in [0.25, 0.3) is 0 Å². The molecule has 1 aromatic rings. The smallest absolute Gasteiger partial charge is 0.337 e. The summed E-state index contributed by atoms with van der Waals surface area (Å²) in [7, 11) is 0. The molecule has 1 rings (SSSR count). The largest absolute Gasteiger partial charge is 0.478 e. The molecule has 0 aliphatic carbocycles. The van der Waals surface area contributed by atoms with Crippen molar-refractivity contribution < 1.29 is 14.7 Å². The van der Waals surface area contributed by atoms with E-state index in [0.717, 1.165) is 6.42 Å². The fraction of sp³-hybridized carbons (Fsp3) is 0.462. The molecule has 0 saturated carbocycles. The van der Waals surface area contributed by atoms with Crippen molar-refractivity contribution >= 4 is 29.3 Å². The third-order valence-corrected chi connectivity index (χ3v) is 3.04. The van der Waals surface area contributed by atoms with Crippen LogP contribution < -0.4 is 10.6 Å². The van der Waals surface area contributed by atoms with Crippen molar-refractivity contribution in [3.05, 3.63) is 22.8 Å². The molecule has 1 aromatic heterocycles. The van der Waals surface area contributed by atoms with Crippen LogP contribution in [0.4, 0.5) is 5.82 Å². The molecule has 0 spiro atoms. The number of carbonyl (C=O) groups is 2. The highest BCUT2D eigenvalue weighted by atomic mass is 35.5. The first kappa shape index (κ1) is 16.2. The van der Waals surface area contributed by atoms with Crippen molar-refractivity contribution in [3.8, 4) is 0 Å². The molecule has 20 heavy (non-hydrogen) atoms. The van der Waals surface area contributed by atoms with Crippen LogP contribution in [0.15, 0.2) is 12.3 Å². The van der Waals surface area contributed by atoms with Gasteiger partial charge in [-0.05, 0) is 19.4 Å². The van der Waals surface area contributed by atoms with Crippen molar-refractivity contribution in [3.63, 3.8) is 0 Å². The Balaban J connectivity index is 2.46. The van der Waals surface area contributed by atoms with E-state index in [9.17, 15) is 9.59 Å². The van der Waals surface area contributed by atoms with Crippen molar-refractivity contribution in [1.82, 2.24) is 10.3 Å². The highest BCUT2D eigenvalue weighted by molar-refractivity contribution is 6.33. The quantitative estimate of drug-likeness (QED) is 0.717. The van der Waals surface area contributed by atoms with Gasteiger partial charge in [0.2, 0.25) is 5.91 Å². The molecule has 0 aliphatic rings. The number of carboxylic acid groups (broad SMARTS) is 1. The zero-order valence-electron chi connectivity index (χ0n) is 11.4. The van der Waals surface area contributed by atoms with Crippen LogP contribution in [0.1, 0.15) is 37.0 Å². The second kappa shape index (κ2) is 7.69. The van der Waals surface area contributed by atoms with E-state index in [2.05, 4.69) is 15.6 Å². The minimum absolute atomic E-state index is 0.0232. The second-order valence-corrected chi connectivity index (χ2v) is 4.82. The van der Waals surface area contributed by atoms with E-state index in [4.69, 9.17) is 16.7 Å². The number of amides is 1. The van der Waals surface area contributed by atoms with Crippen LogP contribution in [0.5, 0.6) is 0 Å². The number of carbonyl (C=O) groups excluding carboxylic acids is 1. The Hall–Kier alpha value is -1.82. The summed E-state index contributed by atoms with van der Waals surface area (Å²) in [5.41, 5.74) is 0.0232. The molecule has 6 nitrogen and oxygen atoms in total. The van der Waals surface area contributed by atoms with E-state index in [-0.39, 0.29) is 22.5 Å². The SMILES string of the molecule is CCC(C)NC(=O)CCNc1ncc(C(=O)O)cc1Cl. The maximum atomic E-state index is 11.5. The van der Waals surface area contributed by atoms with Gasteiger partial charge in [0.25, 0.3) is 0 Å². The molecule has 0 bridgehead atoms. The Kier molecular flexibility index (Phi) is 6.24. The van der Waals surface area contributed by atoms with E-state index >= 15 is 0 Å². The fourth-order valence-electron chi connectivity index (χ4n) is 1.43. The molecule has 0 radical (unpaired) electrons. The number of halogens is 1.